The Hall–Kier alpha value is -1.39. The van der Waals surface area contributed by atoms with Crippen LogP contribution in [0.2, 0.25) is 5.28 Å². The largest absolute Gasteiger partial charge is 0.385 e. The second-order valence-corrected chi connectivity index (χ2v) is 5.83. The molecule has 0 amide bonds. The highest BCUT2D eigenvalue weighted by Gasteiger charge is 2.43. The van der Waals surface area contributed by atoms with Gasteiger partial charge in [0.05, 0.1) is 0 Å². The van der Waals surface area contributed by atoms with Gasteiger partial charge in [-0.15, -0.1) is 10.2 Å². The van der Waals surface area contributed by atoms with E-state index in [2.05, 4.69) is 10.2 Å². The number of halogens is 1. The molecule has 1 aliphatic rings. The molecule has 2 aromatic rings. The quantitative estimate of drug-likeness (QED) is 0.819. The summed E-state index contributed by atoms with van der Waals surface area (Å²) >= 11 is 6.22. The molecule has 1 aromatic carbocycles. The average Bonchev–Trinajstić information content (AvgIpc) is 3.16. The van der Waals surface area contributed by atoms with E-state index in [1.807, 2.05) is 34.9 Å². The molecule has 1 saturated carbocycles. The number of nitrogens with zero attached hydrogens (tertiary/aromatic N) is 3. The second-order valence-electron chi connectivity index (χ2n) is 5.49. The fourth-order valence-corrected chi connectivity index (χ4v) is 2.72. The third-order valence-electron chi connectivity index (χ3n) is 4.02. The van der Waals surface area contributed by atoms with Crippen LogP contribution in [-0.4, -0.2) is 28.5 Å². The Balaban J connectivity index is 1.85. The predicted molar refractivity (Wildman–Crippen MR) is 78.6 cm³/mol. The topological polar surface area (TPSA) is 39.9 Å². The van der Waals surface area contributed by atoms with Crippen LogP contribution in [0.5, 0.6) is 0 Å². The average molecular weight is 292 g/mol. The minimum absolute atomic E-state index is 0.311. The van der Waals surface area contributed by atoms with Crippen molar-refractivity contribution in [1.82, 2.24) is 14.8 Å². The van der Waals surface area contributed by atoms with Gasteiger partial charge in [0.15, 0.2) is 5.82 Å². The maximum absolute atomic E-state index is 6.22. The molecule has 106 valence electrons. The molecule has 0 saturated heterocycles. The standard InChI is InChI=1S/C15H18ClN3O/c1-20-10-9-15(7-8-15)11-19-13(17-18-14(19)16)12-5-3-2-4-6-12/h2-6H,7-11H2,1H3. The number of benzene rings is 1. The summed E-state index contributed by atoms with van der Waals surface area (Å²) in [5, 5.41) is 8.73. The van der Waals surface area contributed by atoms with E-state index in [0.717, 1.165) is 31.0 Å². The van der Waals surface area contributed by atoms with E-state index in [0.29, 0.717) is 10.7 Å². The van der Waals surface area contributed by atoms with E-state index < -0.39 is 0 Å². The van der Waals surface area contributed by atoms with E-state index in [1.54, 1.807) is 7.11 Å². The van der Waals surface area contributed by atoms with Crippen LogP contribution < -0.4 is 0 Å². The summed E-state index contributed by atoms with van der Waals surface area (Å²) in [7, 11) is 1.75. The molecule has 0 bridgehead atoms. The van der Waals surface area contributed by atoms with Crippen molar-refractivity contribution >= 4 is 11.6 Å². The smallest absolute Gasteiger partial charge is 0.225 e. The van der Waals surface area contributed by atoms with Crippen molar-refractivity contribution in [3.05, 3.63) is 35.6 Å². The van der Waals surface area contributed by atoms with Gasteiger partial charge in [0.2, 0.25) is 5.28 Å². The van der Waals surface area contributed by atoms with E-state index >= 15 is 0 Å². The summed E-state index contributed by atoms with van der Waals surface area (Å²) in [6.45, 7) is 1.66. The van der Waals surface area contributed by atoms with Crippen molar-refractivity contribution < 1.29 is 4.74 Å². The third-order valence-corrected chi connectivity index (χ3v) is 4.30. The van der Waals surface area contributed by atoms with Crippen LogP contribution in [0.1, 0.15) is 19.3 Å². The molecule has 3 rings (SSSR count). The number of aromatic nitrogens is 3. The lowest BCUT2D eigenvalue weighted by Crippen LogP contribution is -2.15. The Morgan fingerprint density at radius 1 is 1.25 bits per heavy atom. The highest BCUT2D eigenvalue weighted by molar-refractivity contribution is 6.28. The summed E-state index contributed by atoms with van der Waals surface area (Å²) in [5.41, 5.74) is 1.36. The lowest BCUT2D eigenvalue weighted by Gasteiger charge is -2.17. The zero-order valence-corrected chi connectivity index (χ0v) is 12.3. The lowest BCUT2D eigenvalue weighted by atomic mass is 10.0. The molecule has 0 spiro atoms. The Morgan fingerprint density at radius 2 is 2.00 bits per heavy atom. The number of hydrogen-bond acceptors (Lipinski definition) is 3. The SMILES string of the molecule is COCCC1(Cn2c(Cl)nnc2-c2ccccc2)CC1. The van der Waals surface area contributed by atoms with Gasteiger partial charge in [0, 0.05) is 25.8 Å². The first kappa shape index (κ1) is 13.6. The van der Waals surface area contributed by atoms with Gasteiger partial charge in [0.25, 0.3) is 0 Å². The molecule has 20 heavy (non-hydrogen) atoms. The molecule has 0 aliphatic heterocycles. The minimum Gasteiger partial charge on any atom is -0.385 e. The van der Waals surface area contributed by atoms with E-state index in [9.17, 15) is 0 Å². The van der Waals surface area contributed by atoms with Gasteiger partial charge in [-0.25, -0.2) is 0 Å². The van der Waals surface area contributed by atoms with Crippen LogP contribution in [0.3, 0.4) is 0 Å². The van der Waals surface area contributed by atoms with Gasteiger partial charge in [-0.1, -0.05) is 30.3 Å². The van der Waals surface area contributed by atoms with Crippen molar-refractivity contribution in [1.29, 1.82) is 0 Å². The van der Waals surface area contributed by atoms with Crippen molar-refractivity contribution in [2.45, 2.75) is 25.8 Å². The summed E-state index contributed by atoms with van der Waals surface area (Å²) in [6, 6.07) is 10.1. The van der Waals surface area contributed by atoms with E-state index in [4.69, 9.17) is 16.3 Å². The number of ether oxygens (including phenoxy) is 1. The van der Waals surface area contributed by atoms with Crippen molar-refractivity contribution in [3.8, 4) is 11.4 Å². The molecule has 0 N–H and O–H groups in total. The predicted octanol–water partition coefficient (Wildman–Crippen LogP) is 3.42. The minimum atomic E-state index is 0.311. The third kappa shape index (κ3) is 2.72. The number of hydrogen-bond donors (Lipinski definition) is 0. The molecule has 0 radical (unpaired) electrons. The summed E-state index contributed by atoms with van der Waals surface area (Å²) < 4.78 is 7.24. The van der Waals surface area contributed by atoms with Gasteiger partial charge >= 0.3 is 0 Å². The first-order chi connectivity index (χ1) is 9.74. The van der Waals surface area contributed by atoms with E-state index in [1.165, 1.54) is 12.8 Å². The molecule has 1 aromatic heterocycles. The zero-order chi connectivity index (χ0) is 14.0. The van der Waals surface area contributed by atoms with Crippen LogP contribution in [0.25, 0.3) is 11.4 Å². The molecule has 0 atom stereocenters. The molecule has 1 aliphatic carbocycles. The molecular formula is C15H18ClN3O. The monoisotopic (exact) mass is 291 g/mol. The summed E-state index contributed by atoms with van der Waals surface area (Å²) in [6.07, 6.45) is 3.50. The summed E-state index contributed by atoms with van der Waals surface area (Å²) in [5.74, 6) is 0.847. The Bertz CT molecular complexity index is 578. The van der Waals surface area contributed by atoms with Gasteiger partial charge in [-0.2, -0.15) is 0 Å². The number of methoxy groups -OCH3 is 1. The van der Waals surface area contributed by atoms with Crippen LogP contribution in [0.4, 0.5) is 0 Å². The molecule has 1 heterocycles. The Labute approximate surface area is 123 Å². The fraction of sp³-hybridized carbons (Fsp3) is 0.467. The van der Waals surface area contributed by atoms with Crippen LogP contribution in [0.15, 0.2) is 30.3 Å². The van der Waals surface area contributed by atoms with Crippen molar-refractivity contribution in [2.24, 2.45) is 5.41 Å². The summed E-state index contributed by atoms with van der Waals surface area (Å²) in [4.78, 5) is 0. The highest BCUT2D eigenvalue weighted by atomic mass is 35.5. The molecular weight excluding hydrogens is 274 g/mol. The Morgan fingerprint density at radius 3 is 2.65 bits per heavy atom. The molecule has 1 fully saturated rings. The molecule has 5 heteroatoms. The second kappa shape index (κ2) is 5.54. The van der Waals surface area contributed by atoms with Crippen LogP contribution in [0, 0.1) is 5.41 Å². The van der Waals surface area contributed by atoms with Crippen molar-refractivity contribution in [3.63, 3.8) is 0 Å². The lowest BCUT2D eigenvalue weighted by molar-refractivity contribution is 0.167. The maximum atomic E-state index is 6.22. The van der Waals surface area contributed by atoms with Gasteiger partial charge in [0.1, 0.15) is 0 Å². The highest BCUT2D eigenvalue weighted by Crippen LogP contribution is 2.51. The van der Waals surface area contributed by atoms with E-state index in [-0.39, 0.29) is 0 Å². The van der Waals surface area contributed by atoms with Gasteiger partial charge < -0.3 is 4.74 Å². The van der Waals surface area contributed by atoms with Crippen LogP contribution in [-0.2, 0) is 11.3 Å². The maximum Gasteiger partial charge on any atom is 0.225 e. The molecule has 4 nitrogen and oxygen atoms in total. The Kier molecular flexibility index (Phi) is 3.76. The van der Waals surface area contributed by atoms with Crippen molar-refractivity contribution in [2.75, 3.05) is 13.7 Å². The molecule has 0 unspecified atom stereocenters. The van der Waals surface area contributed by atoms with Gasteiger partial charge in [-0.05, 0) is 36.3 Å². The number of rotatable bonds is 6. The fourth-order valence-electron chi connectivity index (χ4n) is 2.54. The van der Waals surface area contributed by atoms with Gasteiger partial charge in [-0.3, -0.25) is 4.57 Å². The first-order valence-corrected chi connectivity index (χ1v) is 7.25. The van der Waals surface area contributed by atoms with Crippen LogP contribution >= 0.6 is 11.6 Å². The first-order valence-electron chi connectivity index (χ1n) is 6.87. The normalized spacial score (nSPS) is 16.3. The zero-order valence-electron chi connectivity index (χ0n) is 11.6.